The van der Waals surface area contributed by atoms with Crippen molar-refractivity contribution >= 4 is 11.8 Å². The molecule has 0 radical (unpaired) electrons. The van der Waals surface area contributed by atoms with E-state index >= 15 is 0 Å². The van der Waals surface area contributed by atoms with E-state index in [1.807, 2.05) is 6.92 Å². The van der Waals surface area contributed by atoms with Crippen molar-refractivity contribution < 1.29 is 19.4 Å². The van der Waals surface area contributed by atoms with Gasteiger partial charge in [-0.25, -0.2) is 0 Å². The summed E-state index contributed by atoms with van der Waals surface area (Å²) in [6.07, 6.45) is 16.3. The van der Waals surface area contributed by atoms with Gasteiger partial charge in [-0.3, -0.25) is 9.59 Å². The van der Waals surface area contributed by atoms with Gasteiger partial charge in [0.1, 0.15) is 5.78 Å². The first-order valence-corrected chi connectivity index (χ1v) is 10.0. The average Bonchev–Trinajstić information content (AvgIpc) is 2.96. The van der Waals surface area contributed by atoms with E-state index in [2.05, 4.69) is 36.0 Å². The summed E-state index contributed by atoms with van der Waals surface area (Å²) in [4.78, 5) is 23.2. The highest BCUT2D eigenvalue weighted by Gasteiger charge is 2.31. The standard InChI is InChI=1S/C22H36O4/c1-4-5-16-22(2,25)17-10-11-18-14-15-20(23)19(18)12-8-6-7-9-13-21(24)26-3/h6,8,10-11,18-19,25H,4-5,7,9,12-17H2,1-3H3/t18-,19+,22?/m0/s1. The van der Waals surface area contributed by atoms with Crippen molar-refractivity contribution in [3.05, 3.63) is 24.3 Å². The Kier molecular flexibility index (Phi) is 10.5. The minimum Gasteiger partial charge on any atom is -0.469 e. The van der Waals surface area contributed by atoms with Crippen LogP contribution in [0, 0.1) is 11.8 Å². The summed E-state index contributed by atoms with van der Waals surface area (Å²) < 4.78 is 4.62. The molecule has 0 bridgehead atoms. The minimum absolute atomic E-state index is 0.0590. The van der Waals surface area contributed by atoms with Crippen LogP contribution in [0.1, 0.15) is 78.1 Å². The zero-order chi connectivity index (χ0) is 19.4. The lowest BCUT2D eigenvalue weighted by atomic mass is 9.89. The SMILES string of the molecule is CCCCC(C)(O)CC=C[C@H]1CCC(=O)[C@@H]1CC=CCCCC(=O)OC. The highest BCUT2D eigenvalue weighted by molar-refractivity contribution is 5.83. The summed E-state index contributed by atoms with van der Waals surface area (Å²) >= 11 is 0. The second-order valence-corrected chi connectivity index (χ2v) is 7.68. The van der Waals surface area contributed by atoms with Crippen molar-refractivity contribution in [2.75, 3.05) is 7.11 Å². The van der Waals surface area contributed by atoms with E-state index in [0.29, 0.717) is 25.0 Å². The van der Waals surface area contributed by atoms with Crippen molar-refractivity contribution in [3.8, 4) is 0 Å². The average molecular weight is 365 g/mol. The third kappa shape index (κ3) is 8.79. The van der Waals surface area contributed by atoms with Crippen LogP contribution >= 0.6 is 0 Å². The normalized spacial score (nSPS) is 23.0. The summed E-state index contributed by atoms with van der Waals surface area (Å²) in [5.74, 6) is 0.508. The van der Waals surface area contributed by atoms with Crippen LogP contribution < -0.4 is 0 Å². The van der Waals surface area contributed by atoms with Crippen molar-refractivity contribution in [2.24, 2.45) is 11.8 Å². The Morgan fingerprint density at radius 3 is 2.77 bits per heavy atom. The molecule has 26 heavy (non-hydrogen) atoms. The zero-order valence-corrected chi connectivity index (χ0v) is 16.7. The number of methoxy groups -OCH3 is 1. The number of carbonyl (C=O) groups is 2. The number of carbonyl (C=O) groups excluding carboxylic acids is 2. The predicted molar refractivity (Wildman–Crippen MR) is 105 cm³/mol. The lowest BCUT2D eigenvalue weighted by Gasteiger charge is -2.21. The fourth-order valence-electron chi connectivity index (χ4n) is 3.45. The number of unbranched alkanes of at least 4 members (excludes halogenated alkanes) is 2. The fourth-order valence-corrected chi connectivity index (χ4v) is 3.45. The number of ether oxygens (including phenoxy) is 1. The first-order chi connectivity index (χ1) is 12.4. The van der Waals surface area contributed by atoms with Crippen molar-refractivity contribution in [1.29, 1.82) is 0 Å². The molecule has 1 fully saturated rings. The van der Waals surface area contributed by atoms with Crippen LogP contribution in [0.2, 0.25) is 0 Å². The number of rotatable bonds is 12. The molecule has 0 spiro atoms. The Morgan fingerprint density at radius 1 is 1.31 bits per heavy atom. The van der Waals surface area contributed by atoms with E-state index in [9.17, 15) is 14.7 Å². The summed E-state index contributed by atoms with van der Waals surface area (Å²) in [7, 11) is 1.40. The van der Waals surface area contributed by atoms with Gasteiger partial charge in [0.2, 0.25) is 0 Å². The number of Topliss-reactive ketones (excluding diaryl/α,β-unsaturated/α-hetero) is 1. The molecule has 1 N–H and O–H groups in total. The first kappa shape index (κ1) is 22.6. The van der Waals surface area contributed by atoms with Gasteiger partial charge >= 0.3 is 5.97 Å². The highest BCUT2D eigenvalue weighted by Crippen LogP contribution is 2.33. The number of allylic oxidation sites excluding steroid dienone is 3. The number of aliphatic hydroxyl groups is 1. The number of esters is 1. The van der Waals surface area contributed by atoms with Gasteiger partial charge in [0, 0.05) is 18.8 Å². The maximum Gasteiger partial charge on any atom is 0.305 e. The van der Waals surface area contributed by atoms with Crippen molar-refractivity contribution in [3.63, 3.8) is 0 Å². The second kappa shape index (κ2) is 12.1. The molecule has 0 saturated heterocycles. The largest absolute Gasteiger partial charge is 0.469 e. The quantitative estimate of drug-likeness (QED) is 0.308. The molecule has 3 atom stereocenters. The second-order valence-electron chi connectivity index (χ2n) is 7.68. The van der Waals surface area contributed by atoms with Crippen LogP contribution in [0.15, 0.2) is 24.3 Å². The van der Waals surface area contributed by atoms with Gasteiger partial charge in [-0.1, -0.05) is 44.1 Å². The van der Waals surface area contributed by atoms with Crippen LogP contribution in [0.5, 0.6) is 0 Å². The molecule has 1 aliphatic rings. The predicted octanol–water partition coefficient (Wildman–Crippen LogP) is 4.76. The monoisotopic (exact) mass is 364 g/mol. The molecule has 1 aliphatic carbocycles. The van der Waals surface area contributed by atoms with Crippen LogP contribution in [0.25, 0.3) is 0 Å². The van der Waals surface area contributed by atoms with Gasteiger partial charge < -0.3 is 9.84 Å². The molecule has 0 aromatic rings. The molecule has 0 heterocycles. The van der Waals surface area contributed by atoms with E-state index < -0.39 is 5.60 Å². The van der Waals surface area contributed by atoms with E-state index in [1.165, 1.54) is 7.11 Å². The zero-order valence-electron chi connectivity index (χ0n) is 16.7. The Balaban J connectivity index is 2.40. The van der Waals surface area contributed by atoms with Crippen molar-refractivity contribution in [2.45, 2.75) is 83.7 Å². The number of hydrogen-bond donors (Lipinski definition) is 1. The Labute approximate surface area is 158 Å². The summed E-state index contributed by atoms with van der Waals surface area (Å²) in [6.45, 7) is 4.02. The number of hydrogen-bond acceptors (Lipinski definition) is 4. The Morgan fingerprint density at radius 2 is 2.08 bits per heavy atom. The van der Waals surface area contributed by atoms with Crippen LogP contribution in [-0.2, 0) is 14.3 Å². The Hall–Kier alpha value is -1.42. The van der Waals surface area contributed by atoms with Crippen LogP contribution in [0.4, 0.5) is 0 Å². The van der Waals surface area contributed by atoms with Gasteiger partial charge in [-0.15, -0.1) is 0 Å². The van der Waals surface area contributed by atoms with E-state index in [0.717, 1.165) is 44.9 Å². The molecule has 0 amide bonds. The molecule has 148 valence electrons. The molecule has 1 rings (SSSR count). The lowest BCUT2D eigenvalue weighted by Crippen LogP contribution is -2.22. The van der Waals surface area contributed by atoms with Crippen molar-refractivity contribution in [1.82, 2.24) is 0 Å². The van der Waals surface area contributed by atoms with Gasteiger partial charge in [0.25, 0.3) is 0 Å². The highest BCUT2D eigenvalue weighted by atomic mass is 16.5. The Bertz CT molecular complexity index is 490. The van der Waals surface area contributed by atoms with E-state index in [1.54, 1.807) is 0 Å². The summed E-state index contributed by atoms with van der Waals surface area (Å²) in [5, 5.41) is 10.4. The molecule has 0 aromatic heterocycles. The third-order valence-corrected chi connectivity index (χ3v) is 5.20. The molecule has 0 aromatic carbocycles. The van der Waals surface area contributed by atoms with E-state index in [-0.39, 0.29) is 17.8 Å². The molecule has 4 nitrogen and oxygen atoms in total. The van der Waals surface area contributed by atoms with Gasteiger partial charge in [0.15, 0.2) is 0 Å². The topological polar surface area (TPSA) is 63.6 Å². The molecule has 1 saturated carbocycles. The number of ketones is 1. The summed E-state index contributed by atoms with van der Waals surface area (Å²) in [6, 6.07) is 0. The molecular weight excluding hydrogens is 328 g/mol. The first-order valence-electron chi connectivity index (χ1n) is 10.0. The van der Waals surface area contributed by atoms with Crippen LogP contribution in [0.3, 0.4) is 0 Å². The molecular formula is C22H36O4. The fraction of sp³-hybridized carbons (Fsp3) is 0.727. The van der Waals surface area contributed by atoms with E-state index in [4.69, 9.17) is 0 Å². The summed E-state index contributed by atoms with van der Waals surface area (Å²) in [5.41, 5.74) is -0.649. The molecule has 1 unspecified atom stereocenters. The minimum atomic E-state index is -0.649. The maximum absolute atomic E-state index is 12.2. The maximum atomic E-state index is 12.2. The third-order valence-electron chi connectivity index (χ3n) is 5.20. The molecule has 0 aliphatic heterocycles. The van der Waals surface area contributed by atoms with Gasteiger partial charge in [0.05, 0.1) is 12.7 Å². The van der Waals surface area contributed by atoms with Gasteiger partial charge in [-0.05, 0) is 51.4 Å². The smallest absolute Gasteiger partial charge is 0.305 e. The lowest BCUT2D eigenvalue weighted by molar-refractivity contribution is -0.140. The van der Waals surface area contributed by atoms with Crippen LogP contribution in [-0.4, -0.2) is 29.6 Å². The van der Waals surface area contributed by atoms with Gasteiger partial charge in [-0.2, -0.15) is 0 Å². The molecule has 4 heteroatoms.